The van der Waals surface area contributed by atoms with Crippen LogP contribution >= 0.6 is 0 Å². The second kappa shape index (κ2) is 5.33. The molecule has 0 fully saturated rings. The summed E-state index contributed by atoms with van der Waals surface area (Å²) >= 11 is 0. The van der Waals surface area contributed by atoms with Crippen molar-refractivity contribution in [3.8, 4) is 0 Å². The number of allylic oxidation sites excluding steroid dienone is 3. The molecule has 0 aliphatic rings. The first-order valence-electron chi connectivity index (χ1n) is 2.90. The fraction of sp³-hybridized carbons (Fsp3) is 0.250. The molecule has 0 N–H and O–H groups in total. The molecule has 0 saturated carbocycles. The maximum absolute atomic E-state index is 5.33. The van der Waals surface area contributed by atoms with Crippen LogP contribution in [0, 0.1) is 0 Å². The van der Waals surface area contributed by atoms with Crippen molar-refractivity contribution in [1.29, 1.82) is 0 Å². The van der Waals surface area contributed by atoms with Gasteiger partial charge in [0.1, 0.15) is 0 Å². The van der Waals surface area contributed by atoms with Crippen molar-refractivity contribution in [2.24, 2.45) is 0 Å². The van der Waals surface area contributed by atoms with E-state index in [1.807, 2.05) is 32.1 Å². The fourth-order valence-corrected chi connectivity index (χ4v) is 0.331. The van der Waals surface area contributed by atoms with Gasteiger partial charge in [-0.15, -0.1) is 0 Å². The van der Waals surface area contributed by atoms with Crippen molar-refractivity contribution >= 4 is 13.0 Å². The van der Waals surface area contributed by atoms with Crippen LogP contribution in [0.25, 0.3) is 0 Å². The van der Waals surface area contributed by atoms with Gasteiger partial charge in [-0.1, -0.05) is 0 Å². The summed E-state index contributed by atoms with van der Waals surface area (Å²) in [7, 11) is 5.33. The Hall–Kier alpha value is -0.805. The summed E-state index contributed by atoms with van der Waals surface area (Å²) < 4.78 is 0. The van der Waals surface area contributed by atoms with Crippen LogP contribution < -0.4 is 0 Å². The van der Waals surface area contributed by atoms with Crippen molar-refractivity contribution in [2.45, 2.75) is 13.8 Å². The fourth-order valence-electron chi connectivity index (χ4n) is 0.331. The second-order valence-corrected chi connectivity index (χ2v) is 1.75. The molecule has 0 aliphatic heterocycles. The SMILES string of the molecule is [B]=C(C)C=C=CC=CC. The molecule has 0 aromatic rings. The Morgan fingerprint density at radius 1 is 1.56 bits per heavy atom. The van der Waals surface area contributed by atoms with Gasteiger partial charge in [-0.3, -0.25) is 0 Å². The first-order chi connectivity index (χ1) is 4.27. The van der Waals surface area contributed by atoms with Gasteiger partial charge in [0.25, 0.3) is 0 Å². The van der Waals surface area contributed by atoms with Gasteiger partial charge in [-0.05, 0) is 0 Å². The Morgan fingerprint density at radius 2 is 2.22 bits per heavy atom. The third-order valence-electron chi connectivity index (χ3n) is 0.696. The zero-order valence-corrected chi connectivity index (χ0v) is 5.89. The molecule has 0 aliphatic carbocycles. The average Bonchev–Trinajstić information content (AvgIpc) is 1.80. The van der Waals surface area contributed by atoms with E-state index in [1.165, 1.54) is 0 Å². The molecule has 0 nitrogen and oxygen atoms in total. The molecule has 0 aromatic heterocycles. The third-order valence-corrected chi connectivity index (χ3v) is 0.696. The Balaban J connectivity index is 3.82. The zero-order chi connectivity index (χ0) is 7.11. The summed E-state index contributed by atoms with van der Waals surface area (Å²) in [4.78, 5) is 0. The van der Waals surface area contributed by atoms with Crippen LogP contribution in [-0.4, -0.2) is 13.0 Å². The Kier molecular flexibility index (Phi) is 4.86. The molecular weight excluding hydrogens is 107 g/mol. The number of hydrogen-bond donors (Lipinski definition) is 0. The molecule has 45 valence electrons. The molecule has 0 bridgehead atoms. The van der Waals surface area contributed by atoms with Crippen molar-refractivity contribution in [3.63, 3.8) is 0 Å². The van der Waals surface area contributed by atoms with Crippen LogP contribution in [0.1, 0.15) is 13.8 Å². The number of rotatable bonds is 2. The van der Waals surface area contributed by atoms with E-state index in [-0.39, 0.29) is 0 Å². The normalized spacial score (nSPS) is 8.56. The first kappa shape index (κ1) is 8.19. The molecule has 0 unspecified atom stereocenters. The van der Waals surface area contributed by atoms with E-state index in [9.17, 15) is 0 Å². The minimum atomic E-state index is 0.774. The van der Waals surface area contributed by atoms with Gasteiger partial charge >= 0.3 is 56.8 Å². The van der Waals surface area contributed by atoms with Gasteiger partial charge < -0.3 is 0 Å². The minimum absolute atomic E-state index is 0.774. The van der Waals surface area contributed by atoms with Crippen molar-refractivity contribution in [1.82, 2.24) is 0 Å². The molecule has 0 aromatic carbocycles. The molecule has 0 atom stereocenters. The molecule has 0 amide bonds. The molecule has 0 spiro atoms. The number of hydrogen-bond acceptors (Lipinski definition) is 0. The Bertz CT molecular complexity index is 169. The molecule has 9 heavy (non-hydrogen) atoms. The topological polar surface area (TPSA) is 0 Å². The van der Waals surface area contributed by atoms with Crippen LogP contribution in [0.4, 0.5) is 0 Å². The van der Waals surface area contributed by atoms with Crippen LogP contribution in [0.5, 0.6) is 0 Å². The van der Waals surface area contributed by atoms with E-state index in [0.29, 0.717) is 0 Å². The van der Waals surface area contributed by atoms with E-state index in [4.69, 9.17) is 7.49 Å². The third kappa shape index (κ3) is 7.19. The molecule has 1 radical (unpaired) electrons. The van der Waals surface area contributed by atoms with Gasteiger partial charge in [0, 0.05) is 0 Å². The van der Waals surface area contributed by atoms with Crippen molar-refractivity contribution in [2.75, 3.05) is 0 Å². The van der Waals surface area contributed by atoms with Gasteiger partial charge in [-0.2, -0.15) is 0 Å². The van der Waals surface area contributed by atoms with Gasteiger partial charge in [0.15, 0.2) is 0 Å². The molecule has 0 heterocycles. The summed E-state index contributed by atoms with van der Waals surface area (Å²) in [5.74, 6) is 0. The summed E-state index contributed by atoms with van der Waals surface area (Å²) in [6, 6.07) is 0. The van der Waals surface area contributed by atoms with Gasteiger partial charge in [-0.25, -0.2) is 0 Å². The standard InChI is InChI=1S/C8H10B/c1-3-4-5-6-7-8(2)9/h3-5,7H,1-2H3. The summed E-state index contributed by atoms with van der Waals surface area (Å²) in [6.45, 7) is 3.79. The van der Waals surface area contributed by atoms with E-state index >= 15 is 0 Å². The van der Waals surface area contributed by atoms with E-state index in [2.05, 4.69) is 5.73 Å². The van der Waals surface area contributed by atoms with Crippen LogP contribution in [-0.2, 0) is 0 Å². The predicted octanol–water partition coefficient (Wildman–Crippen LogP) is 1.63. The van der Waals surface area contributed by atoms with E-state index < -0.39 is 0 Å². The van der Waals surface area contributed by atoms with Crippen LogP contribution in [0.3, 0.4) is 0 Å². The van der Waals surface area contributed by atoms with Crippen LogP contribution in [0.2, 0.25) is 0 Å². The quantitative estimate of drug-likeness (QED) is 0.293. The average molecular weight is 117 g/mol. The Morgan fingerprint density at radius 3 is 2.67 bits per heavy atom. The van der Waals surface area contributed by atoms with E-state index in [1.54, 1.807) is 6.08 Å². The molecule has 0 rings (SSSR count). The zero-order valence-electron chi connectivity index (χ0n) is 5.89. The maximum atomic E-state index is 5.33. The monoisotopic (exact) mass is 117 g/mol. The summed E-state index contributed by atoms with van der Waals surface area (Å²) in [5, 5.41) is 0. The van der Waals surface area contributed by atoms with Gasteiger partial charge in [0.05, 0.1) is 0 Å². The summed E-state index contributed by atoms with van der Waals surface area (Å²) in [5.41, 5.74) is 3.66. The van der Waals surface area contributed by atoms with Crippen molar-refractivity contribution in [3.05, 3.63) is 30.0 Å². The molecular formula is C8H10B. The first-order valence-corrected chi connectivity index (χ1v) is 2.90. The Labute approximate surface area is 57.7 Å². The van der Waals surface area contributed by atoms with Gasteiger partial charge in [0.2, 0.25) is 0 Å². The van der Waals surface area contributed by atoms with E-state index in [0.717, 1.165) is 5.46 Å². The van der Waals surface area contributed by atoms with Crippen molar-refractivity contribution < 1.29 is 0 Å². The summed E-state index contributed by atoms with van der Waals surface area (Å²) in [6.07, 6.45) is 7.39. The predicted molar refractivity (Wildman–Crippen MR) is 43.9 cm³/mol. The van der Waals surface area contributed by atoms with Crippen LogP contribution in [0.15, 0.2) is 30.0 Å². The molecule has 0 saturated heterocycles. The molecule has 1 heteroatoms. The second-order valence-electron chi connectivity index (χ2n) is 1.75.